The topological polar surface area (TPSA) is 54.5 Å². The molecule has 5 nitrogen and oxygen atoms in total. The van der Waals surface area contributed by atoms with Crippen LogP contribution in [-0.2, 0) is 0 Å². The quantitative estimate of drug-likeness (QED) is 0.914. The lowest BCUT2D eigenvalue weighted by Crippen LogP contribution is -2.57. The molecule has 0 spiro atoms. The number of aryl methyl sites for hydroxylation is 1. The van der Waals surface area contributed by atoms with Gasteiger partial charge in [0.05, 0.1) is 17.7 Å². The molecule has 1 aromatic carbocycles. The van der Waals surface area contributed by atoms with Crippen molar-refractivity contribution in [3.63, 3.8) is 0 Å². The zero-order chi connectivity index (χ0) is 17.4. The Morgan fingerprint density at radius 1 is 1.32 bits per heavy atom. The van der Waals surface area contributed by atoms with Crippen molar-refractivity contribution in [3.8, 4) is 16.2 Å². The van der Waals surface area contributed by atoms with Gasteiger partial charge in [-0.05, 0) is 50.9 Å². The summed E-state index contributed by atoms with van der Waals surface area (Å²) in [7, 11) is 1.66. The molecule has 2 aromatic rings. The van der Waals surface area contributed by atoms with Crippen molar-refractivity contribution in [2.24, 2.45) is 5.92 Å². The zero-order valence-corrected chi connectivity index (χ0v) is 15.4. The number of aromatic nitrogens is 1. The summed E-state index contributed by atoms with van der Waals surface area (Å²) >= 11 is 1.44. The van der Waals surface area contributed by atoms with Crippen LogP contribution in [-0.4, -0.2) is 48.6 Å². The van der Waals surface area contributed by atoms with E-state index in [-0.39, 0.29) is 11.9 Å². The number of hydrogen-bond acceptors (Lipinski definition) is 5. The van der Waals surface area contributed by atoms with Crippen molar-refractivity contribution < 1.29 is 9.53 Å². The third kappa shape index (κ3) is 3.16. The highest BCUT2D eigenvalue weighted by molar-refractivity contribution is 7.17. The van der Waals surface area contributed by atoms with Crippen molar-refractivity contribution in [2.75, 3.05) is 26.7 Å². The number of thiazole rings is 1. The van der Waals surface area contributed by atoms with Gasteiger partial charge >= 0.3 is 0 Å². The first-order valence-corrected chi connectivity index (χ1v) is 9.61. The fourth-order valence-corrected chi connectivity index (χ4v) is 4.93. The molecular weight excluding hydrogens is 334 g/mol. The van der Waals surface area contributed by atoms with Gasteiger partial charge in [-0.1, -0.05) is 12.1 Å². The monoisotopic (exact) mass is 357 g/mol. The molecule has 1 aromatic heterocycles. The number of rotatable bonds is 4. The van der Waals surface area contributed by atoms with Gasteiger partial charge in [-0.2, -0.15) is 0 Å². The van der Waals surface area contributed by atoms with E-state index >= 15 is 0 Å². The molecule has 0 saturated carbocycles. The second-order valence-corrected chi connectivity index (χ2v) is 7.85. The summed E-state index contributed by atoms with van der Waals surface area (Å²) in [5.41, 5.74) is 1.86. The minimum absolute atomic E-state index is 0.0482. The van der Waals surface area contributed by atoms with Crippen LogP contribution in [0.1, 0.15) is 28.3 Å². The van der Waals surface area contributed by atoms with Gasteiger partial charge in [0.25, 0.3) is 5.91 Å². The molecule has 0 unspecified atom stereocenters. The van der Waals surface area contributed by atoms with Gasteiger partial charge in [-0.3, -0.25) is 4.79 Å². The van der Waals surface area contributed by atoms with Gasteiger partial charge in [-0.15, -0.1) is 11.3 Å². The fraction of sp³-hybridized carbons (Fsp3) is 0.474. The number of carbonyl (C=O) groups is 1. The molecule has 25 heavy (non-hydrogen) atoms. The summed E-state index contributed by atoms with van der Waals surface area (Å²) in [6, 6.07) is 8.12. The molecule has 0 aliphatic carbocycles. The number of para-hydroxylation sites is 1. The van der Waals surface area contributed by atoms with E-state index in [0.29, 0.717) is 10.9 Å². The van der Waals surface area contributed by atoms with Gasteiger partial charge in [0, 0.05) is 18.2 Å². The molecule has 3 fully saturated rings. The minimum atomic E-state index is -0.0482. The van der Waals surface area contributed by atoms with E-state index < -0.39 is 0 Å². The highest BCUT2D eigenvalue weighted by Gasteiger charge is 2.35. The highest BCUT2D eigenvalue weighted by Crippen LogP contribution is 2.36. The number of nitrogens with zero attached hydrogens (tertiary/aromatic N) is 2. The number of methoxy groups -OCH3 is 1. The lowest BCUT2D eigenvalue weighted by atomic mass is 9.84. The summed E-state index contributed by atoms with van der Waals surface area (Å²) < 4.78 is 5.45. The predicted octanol–water partition coefficient (Wildman–Crippen LogP) is 2.95. The molecule has 0 radical (unpaired) electrons. The molecule has 2 bridgehead atoms. The van der Waals surface area contributed by atoms with Gasteiger partial charge in [0.15, 0.2) is 5.01 Å². The summed E-state index contributed by atoms with van der Waals surface area (Å²) in [6.45, 7) is 5.26. The van der Waals surface area contributed by atoms with E-state index in [1.807, 2.05) is 31.2 Å². The van der Waals surface area contributed by atoms with E-state index in [1.165, 1.54) is 37.3 Å². The number of nitrogens with one attached hydrogen (secondary N) is 1. The first-order chi connectivity index (χ1) is 12.2. The normalized spacial score (nSPS) is 25.0. The Balaban J connectivity index is 1.54. The zero-order valence-electron chi connectivity index (χ0n) is 14.6. The summed E-state index contributed by atoms with van der Waals surface area (Å²) in [5, 5.41) is 3.76. The first-order valence-electron chi connectivity index (χ1n) is 8.79. The Bertz CT molecular complexity index is 781. The average molecular weight is 357 g/mol. The fourth-order valence-electron chi connectivity index (χ4n) is 3.93. The number of carbonyl (C=O) groups excluding carboxylic acids is 1. The Morgan fingerprint density at radius 2 is 2.08 bits per heavy atom. The molecule has 1 N–H and O–H groups in total. The largest absolute Gasteiger partial charge is 0.496 e. The second-order valence-electron chi connectivity index (χ2n) is 6.85. The van der Waals surface area contributed by atoms with Crippen LogP contribution in [0.5, 0.6) is 5.75 Å². The van der Waals surface area contributed by atoms with Crippen molar-refractivity contribution in [3.05, 3.63) is 35.0 Å². The van der Waals surface area contributed by atoms with E-state index in [2.05, 4.69) is 15.2 Å². The van der Waals surface area contributed by atoms with E-state index in [4.69, 9.17) is 4.74 Å². The Hall–Kier alpha value is -1.92. The highest BCUT2D eigenvalue weighted by atomic mass is 32.1. The van der Waals surface area contributed by atoms with Crippen LogP contribution >= 0.6 is 11.3 Å². The number of amides is 1. The van der Waals surface area contributed by atoms with Gasteiger partial charge in [0.1, 0.15) is 5.75 Å². The van der Waals surface area contributed by atoms with Crippen LogP contribution < -0.4 is 10.1 Å². The van der Waals surface area contributed by atoms with Crippen molar-refractivity contribution in [2.45, 2.75) is 25.8 Å². The lowest BCUT2D eigenvalue weighted by molar-refractivity contribution is 0.0620. The predicted molar refractivity (Wildman–Crippen MR) is 99.3 cm³/mol. The molecule has 3 aliphatic rings. The molecule has 3 aliphatic heterocycles. The minimum Gasteiger partial charge on any atom is -0.496 e. The third-order valence-corrected chi connectivity index (χ3v) is 6.50. The molecule has 3 saturated heterocycles. The maximum atomic E-state index is 12.7. The summed E-state index contributed by atoms with van der Waals surface area (Å²) in [4.78, 5) is 20.7. The molecular formula is C19H23N3O2S. The van der Waals surface area contributed by atoms with Gasteiger partial charge in [-0.25, -0.2) is 4.98 Å². The van der Waals surface area contributed by atoms with Gasteiger partial charge < -0.3 is 15.0 Å². The van der Waals surface area contributed by atoms with E-state index in [0.717, 1.165) is 28.4 Å². The molecule has 4 heterocycles. The SMILES string of the molecule is COc1ccccc1-c1sc(C(=O)N[C@H]2CN3CCC2CC3)nc1C. The van der Waals surface area contributed by atoms with Gasteiger partial charge in [0.2, 0.25) is 0 Å². The molecule has 6 heteroatoms. The van der Waals surface area contributed by atoms with Crippen LogP contribution in [0, 0.1) is 12.8 Å². The second kappa shape index (κ2) is 6.77. The first kappa shape index (κ1) is 16.5. The summed E-state index contributed by atoms with van der Waals surface area (Å²) in [5.74, 6) is 1.37. The number of piperidine rings is 3. The van der Waals surface area contributed by atoms with Crippen molar-refractivity contribution >= 4 is 17.2 Å². The number of ether oxygens (including phenoxy) is 1. The average Bonchev–Trinajstić information content (AvgIpc) is 3.04. The number of benzene rings is 1. The Morgan fingerprint density at radius 3 is 2.76 bits per heavy atom. The number of hydrogen-bond donors (Lipinski definition) is 1. The lowest BCUT2D eigenvalue weighted by Gasteiger charge is -2.44. The maximum absolute atomic E-state index is 12.7. The van der Waals surface area contributed by atoms with Crippen LogP contribution in [0.3, 0.4) is 0 Å². The molecule has 132 valence electrons. The van der Waals surface area contributed by atoms with Crippen LogP contribution in [0.4, 0.5) is 0 Å². The van der Waals surface area contributed by atoms with Crippen molar-refractivity contribution in [1.29, 1.82) is 0 Å². The van der Waals surface area contributed by atoms with Crippen LogP contribution in [0.25, 0.3) is 10.4 Å². The number of fused-ring (bicyclic) bond motifs is 3. The Kier molecular flexibility index (Phi) is 4.48. The molecule has 1 atom stereocenters. The molecule has 1 amide bonds. The maximum Gasteiger partial charge on any atom is 0.280 e. The Labute approximate surface area is 152 Å². The van der Waals surface area contributed by atoms with E-state index in [1.54, 1.807) is 7.11 Å². The van der Waals surface area contributed by atoms with E-state index in [9.17, 15) is 4.79 Å². The van der Waals surface area contributed by atoms with Crippen LogP contribution in [0.15, 0.2) is 24.3 Å². The third-order valence-electron chi connectivity index (χ3n) is 5.32. The molecule has 5 rings (SSSR count). The standard InChI is InChI=1S/C19H23N3O2S/c1-12-17(14-5-3-4-6-16(14)24-2)25-19(20-12)18(23)21-15-11-22-9-7-13(15)8-10-22/h3-6,13,15H,7-11H2,1-2H3,(H,21,23)/t15-/m0/s1. The summed E-state index contributed by atoms with van der Waals surface area (Å²) in [6.07, 6.45) is 2.38. The van der Waals surface area contributed by atoms with Crippen LogP contribution in [0.2, 0.25) is 0 Å². The van der Waals surface area contributed by atoms with Crippen molar-refractivity contribution in [1.82, 2.24) is 15.2 Å². The smallest absolute Gasteiger partial charge is 0.280 e.